The molecule has 3 rings (SSSR count). The quantitative estimate of drug-likeness (QED) is 0.352. The van der Waals surface area contributed by atoms with Gasteiger partial charge in [0.25, 0.3) is 5.91 Å². The fraction of sp³-hybridized carbons (Fsp3) is 0.292. The number of alkyl halides is 3. The zero-order valence-electron chi connectivity index (χ0n) is 19.2. The number of carbonyl (C=O) groups excluding carboxylic acids is 1. The molecule has 7 nitrogen and oxygen atoms in total. The molecule has 0 fully saturated rings. The first-order valence-corrected chi connectivity index (χ1v) is 12.0. The van der Waals surface area contributed by atoms with Gasteiger partial charge in [0.1, 0.15) is 4.90 Å². The third-order valence-electron chi connectivity index (χ3n) is 5.35. The summed E-state index contributed by atoms with van der Waals surface area (Å²) < 4.78 is 80.3. The van der Waals surface area contributed by atoms with Crippen molar-refractivity contribution in [3.63, 3.8) is 0 Å². The summed E-state index contributed by atoms with van der Waals surface area (Å²) >= 11 is 0. The standard InChI is InChI=1S/C24H24F3NO6S/c1-4-16(2)28(23(29)21-9-6-12-33-21)15-17-10-11-20(32-3)22(13-17)34-35(30,31)19-8-5-7-18(14-19)24(25,26)27/h5-14,16H,4,15H2,1-3H3/t16-/m0/s1. The number of hydrogen-bond donors (Lipinski definition) is 0. The maximum atomic E-state index is 13.0. The first-order valence-electron chi connectivity index (χ1n) is 10.6. The largest absolute Gasteiger partial charge is 0.493 e. The van der Waals surface area contributed by atoms with Gasteiger partial charge in [0.05, 0.1) is 18.9 Å². The van der Waals surface area contributed by atoms with Crippen molar-refractivity contribution in [1.29, 1.82) is 0 Å². The summed E-state index contributed by atoms with van der Waals surface area (Å²) in [6, 6.07) is 10.7. The van der Waals surface area contributed by atoms with Gasteiger partial charge < -0.3 is 18.2 Å². The van der Waals surface area contributed by atoms with Crippen molar-refractivity contribution in [2.75, 3.05) is 7.11 Å². The van der Waals surface area contributed by atoms with Gasteiger partial charge in [-0.15, -0.1) is 0 Å². The molecule has 1 atom stereocenters. The van der Waals surface area contributed by atoms with Crippen molar-refractivity contribution in [3.8, 4) is 11.5 Å². The Balaban J connectivity index is 1.93. The van der Waals surface area contributed by atoms with E-state index in [9.17, 15) is 26.4 Å². The third kappa shape index (κ3) is 6.16. The van der Waals surface area contributed by atoms with Gasteiger partial charge in [-0.25, -0.2) is 0 Å². The van der Waals surface area contributed by atoms with E-state index in [0.717, 1.165) is 18.2 Å². The average molecular weight is 512 g/mol. The minimum Gasteiger partial charge on any atom is -0.493 e. The molecule has 2 aromatic carbocycles. The van der Waals surface area contributed by atoms with E-state index in [-0.39, 0.29) is 35.8 Å². The molecule has 1 amide bonds. The fourth-order valence-corrected chi connectivity index (χ4v) is 4.24. The van der Waals surface area contributed by atoms with Crippen LogP contribution in [0, 0.1) is 0 Å². The maximum Gasteiger partial charge on any atom is 0.416 e. The predicted octanol–water partition coefficient (Wildman–Crippen LogP) is 5.52. The van der Waals surface area contributed by atoms with Gasteiger partial charge in [0, 0.05) is 12.6 Å². The molecule has 0 spiro atoms. The Bertz CT molecular complexity index is 1270. The molecule has 0 unspecified atom stereocenters. The van der Waals surface area contributed by atoms with Crippen molar-refractivity contribution in [1.82, 2.24) is 4.90 Å². The van der Waals surface area contributed by atoms with Crippen LogP contribution in [0.5, 0.6) is 11.5 Å². The number of nitrogens with zero attached hydrogens (tertiary/aromatic N) is 1. The van der Waals surface area contributed by atoms with Gasteiger partial charge in [-0.2, -0.15) is 21.6 Å². The predicted molar refractivity (Wildman–Crippen MR) is 121 cm³/mol. The Labute approximate surface area is 201 Å². The zero-order chi connectivity index (χ0) is 25.8. The number of methoxy groups -OCH3 is 1. The van der Waals surface area contributed by atoms with Crippen LogP contribution in [0.25, 0.3) is 0 Å². The van der Waals surface area contributed by atoms with Crippen molar-refractivity contribution in [2.45, 2.75) is 43.9 Å². The SMILES string of the molecule is CC[C@H](C)N(Cc1ccc(OC)c(OS(=O)(=O)c2cccc(C(F)(F)F)c2)c1)C(=O)c1ccco1. The molecule has 35 heavy (non-hydrogen) atoms. The van der Waals surface area contributed by atoms with Crippen LogP contribution in [0.2, 0.25) is 0 Å². The van der Waals surface area contributed by atoms with Crippen LogP contribution in [0.15, 0.2) is 70.2 Å². The van der Waals surface area contributed by atoms with E-state index in [1.165, 1.54) is 25.5 Å². The van der Waals surface area contributed by atoms with E-state index in [1.807, 2.05) is 13.8 Å². The highest BCUT2D eigenvalue weighted by molar-refractivity contribution is 7.87. The summed E-state index contributed by atoms with van der Waals surface area (Å²) in [6.07, 6.45) is -2.68. The van der Waals surface area contributed by atoms with Crippen LogP contribution in [0.4, 0.5) is 13.2 Å². The van der Waals surface area contributed by atoms with Crippen LogP contribution in [0.1, 0.15) is 41.9 Å². The zero-order valence-corrected chi connectivity index (χ0v) is 20.0. The summed E-state index contributed by atoms with van der Waals surface area (Å²) in [4.78, 5) is 13.8. The molecule has 1 aromatic heterocycles. The van der Waals surface area contributed by atoms with Crippen LogP contribution in [-0.2, 0) is 22.8 Å². The van der Waals surface area contributed by atoms with Crippen LogP contribution >= 0.6 is 0 Å². The Hall–Kier alpha value is -3.47. The number of halogens is 3. The molecule has 0 saturated heterocycles. The summed E-state index contributed by atoms with van der Waals surface area (Å²) in [7, 11) is -3.33. The monoisotopic (exact) mass is 511 g/mol. The van der Waals surface area contributed by atoms with Crippen LogP contribution < -0.4 is 8.92 Å². The highest BCUT2D eigenvalue weighted by atomic mass is 32.2. The Morgan fingerprint density at radius 2 is 1.83 bits per heavy atom. The number of carbonyl (C=O) groups is 1. The molecule has 0 bridgehead atoms. The van der Waals surface area contributed by atoms with Crippen molar-refractivity contribution in [2.24, 2.45) is 0 Å². The fourth-order valence-electron chi connectivity index (χ4n) is 3.27. The van der Waals surface area contributed by atoms with E-state index < -0.39 is 26.8 Å². The Morgan fingerprint density at radius 1 is 1.09 bits per heavy atom. The smallest absolute Gasteiger partial charge is 0.416 e. The van der Waals surface area contributed by atoms with Gasteiger partial charge in [-0.1, -0.05) is 19.1 Å². The molecule has 0 aliphatic carbocycles. The molecule has 188 valence electrons. The van der Waals surface area contributed by atoms with Gasteiger partial charge in [0.15, 0.2) is 17.3 Å². The van der Waals surface area contributed by atoms with Crippen molar-refractivity contribution >= 4 is 16.0 Å². The molecule has 3 aromatic rings. The Morgan fingerprint density at radius 3 is 2.43 bits per heavy atom. The molecule has 11 heteroatoms. The number of rotatable bonds is 9. The second-order valence-corrected chi connectivity index (χ2v) is 9.26. The van der Waals surface area contributed by atoms with Crippen molar-refractivity contribution in [3.05, 3.63) is 77.7 Å². The number of furan rings is 1. The van der Waals surface area contributed by atoms with Gasteiger partial charge in [-0.05, 0) is 61.4 Å². The van der Waals surface area contributed by atoms with Gasteiger partial charge in [0.2, 0.25) is 0 Å². The lowest BCUT2D eigenvalue weighted by atomic mass is 10.1. The van der Waals surface area contributed by atoms with Crippen LogP contribution in [0.3, 0.4) is 0 Å². The summed E-state index contributed by atoms with van der Waals surface area (Å²) in [6.45, 7) is 3.87. The lowest BCUT2D eigenvalue weighted by Crippen LogP contribution is -2.37. The maximum absolute atomic E-state index is 13.0. The third-order valence-corrected chi connectivity index (χ3v) is 6.58. The number of hydrogen-bond acceptors (Lipinski definition) is 6. The van der Waals surface area contributed by atoms with Gasteiger partial charge in [-0.3, -0.25) is 4.79 Å². The molecular formula is C24H24F3NO6S. The first-order chi connectivity index (χ1) is 16.5. The first kappa shape index (κ1) is 26.1. The molecule has 0 saturated carbocycles. The van der Waals surface area contributed by atoms with Crippen LogP contribution in [-0.4, -0.2) is 32.4 Å². The summed E-state index contributed by atoms with van der Waals surface area (Å²) in [5.74, 6) is -0.365. The van der Waals surface area contributed by atoms with E-state index in [2.05, 4.69) is 0 Å². The van der Waals surface area contributed by atoms with E-state index in [4.69, 9.17) is 13.3 Å². The molecule has 0 aliphatic heterocycles. The highest BCUT2D eigenvalue weighted by Gasteiger charge is 2.32. The lowest BCUT2D eigenvalue weighted by Gasteiger charge is -2.28. The molecule has 1 heterocycles. The van der Waals surface area contributed by atoms with Gasteiger partial charge >= 0.3 is 16.3 Å². The summed E-state index contributed by atoms with van der Waals surface area (Å²) in [5, 5.41) is 0. The normalized spacial score (nSPS) is 12.7. The number of amides is 1. The average Bonchev–Trinajstić information content (AvgIpc) is 3.36. The second-order valence-electron chi connectivity index (χ2n) is 7.72. The molecule has 0 aliphatic rings. The topological polar surface area (TPSA) is 86.0 Å². The van der Waals surface area contributed by atoms with Crippen molar-refractivity contribution < 1.29 is 39.7 Å². The number of ether oxygens (including phenoxy) is 1. The Kier molecular flexibility index (Phi) is 7.79. The minimum atomic E-state index is -4.72. The highest BCUT2D eigenvalue weighted by Crippen LogP contribution is 2.34. The lowest BCUT2D eigenvalue weighted by molar-refractivity contribution is -0.137. The molecular weight excluding hydrogens is 487 g/mol. The van der Waals surface area contributed by atoms with E-state index >= 15 is 0 Å². The summed E-state index contributed by atoms with van der Waals surface area (Å²) in [5.41, 5.74) is -0.608. The van der Waals surface area contributed by atoms with E-state index in [1.54, 1.807) is 23.1 Å². The van der Waals surface area contributed by atoms with E-state index in [0.29, 0.717) is 18.1 Å². The second kappa shape index (κ2) is 10.4. The minimum absolute atomic E-state index is 0.0525. The number of benzene rings is 2. The molecule has 0 radical (unpaired) electrons. The molecule has 0 N–H and O–H groups in total.